The van der Waals surface area contributed by atoms with Gasteiger partial charge in [0.2, 0.25) is 0 Å². The highest BCUT2D eigenvalue weighted by Crippen LogP contribution is 2.36. The molecule has 0 saturated heterocycles. The molecule has 9 heteroatoms. The third kappa shape index (κ3) is 4.51. The van der Waals surface area contributed by atoms with Crippen molar-refractivity contribution in [1.82, 2.24) is 0 Å². The lowest BCUT2D eigenvalue weighted by Crippen LogP contribution is -2.29. The minimum atomic E-state index is -0.988. The largest absolute Gasteiger partial charge is 0.497 e. The Labute approximate surface area is 148 Å². The molecule has 2 atom stereocenters. The highest BCUT2D eigenvalue weighted by molar-refractivity contribution is 6.35. The van der Waals surface area contributed by atoms with Gasteiger partial charge in [-0.3, -0.25) is 4.79 Å². The fourth-order valence-electron chi connectivity index (χ4n) is 2.01. The molecule has 1 aliphatic heterocycles. The van der Waals surface area contributed by atoms with Gasteiger partial charge < -0.3 is 19.9 Å². The van der Waals surface area contributed by atoms with Gasteiger partial charge in [0.1, 0.15) is 5.76 Å². The van der Waals surface area contributed by atoms with Gasteiger partial charge in [-0.15, -0.1) is 12.4 Å². The van der Waals surface area contributed by atoms with Crippen LogP contribution in [0.15, 0.2) is 30.0 Å². The molecule has 1 aromatic rings. The van der Waals surface area contributed by atoms with Gasteiger partial charge in [0.15, 0.2) is 12.2 Å². The van der Waals surface area contributed by atoms with Crippen LogP contribution in [-0.4, -0.2) is 31.7 Å². The third-order valence-corrected chi connectivity index (χ3v) is 3.55. The highest BCUT2D eigenvalue weighted by atomic mass is 35.5. The molecule has 2 unspecified atom stereocenters. The SMILES string of the molecule is COC1=CC(=O)OC1C(OC(=O)CN)c1ccc(Cl)cc1Cl.Cl. The summed E-state index contributed by atoms with van der Waals surface area (Å²) in [7, 11) is 1.38. The molecule has 0 aliphatic carbocycles. The van der Waals surface area contributed by atoms with Crippen molar-refractivity contribution in [3.05, 3.63) is 45.6 Å². The highest BCUT2D eigenvalue weighted by Gasteiger charge is 2.39. The summed E-state index contributed by atoms with van der Waals surface area (Å²) in [6, 6.07) is 4.66. The summed E-state index contributed by atoms with van der Waals surface area (Å²) < 4.78 is 15.5. The first-order valence-electron chi connectivity index (χ1n) is 6.27. The van der Waals surface area contributed by atoms with E-state index < -0.39 is 24.1 Å². The number of rotatable bonds is 5. The average Bonchev–Trinajstić information content (AvgIpc) is 2.86. The van der Waals surface area contributed by atoms with Crippen molar-refractivity contribution in [2.45, 2.75) is 12.2 Å². The second-order valence-electron chi connectivity index (χ2n) is 4.39. The maximum absolute atomic E-state index is 11.6. The Morgan fingerprint density at radius 2 is 2.13 bits per heavy atom. The van der Waals surface area contributed by atoms with Crippen LogP contribution >= 0.6 is 35.6 Å². The maximum atomic E-state index is 11.6. The molecule has 23 heavy (non-hydrogen) atoms. The number of cyclic esters (lactones) is 1. The molecule has 6 nitrogen and oxygen atoms in total. The van der Waals surface area contributed by atoms with Crippen LogP contribution in [0.1, 0.15) is 11.7 Å². The van der Waals surface area contributed by atoms with Gasteiger partial charge in [0, 0.05) is 15.6 Å². The molecule has 0 fully saturated rings. The first-order chi connectivity index (χ1) is 10.5. The van der Waals surface area contributed by atoms with Crippen molar-refractivity contribution in [2.75, 3.05) is 13.7 Å². The smallest absolute Gasteiger partial charge is 0.335 e. The summed E-state index contributed by atoms with van der Waals surface area (Å²) >= 11 is 12.0. The van der Waals surface area contributed by atoms with E-state index in [1.165, 1.54) is 19.3 Å². The van der Waals surface area contributed by atoms with E-state index in [0.29, 0.717) is 10.6 Å². The van der Waals surface area contributed by atoms with Crippen molar-refractivity contribution in [2.24, 2.45) is 5.73 Å². The monoisotopic (exact) mass is 381 g/mol. The molecule has 2 rings (SSSR count). The van der Waals surface area contributed by atoms with Crippen molar-refractivity contribution < 1.29 is 23.8 Å². The van der Waals surface area contributed by atoms with Crippen molar-refractivity contribution in [1.29, 1.82) is 0 Å². The van der Waals surface area contributed by atoms with Gasteiger partial charge in [0.05, 0.1) is 19.7 Å². The summed E-state index contributed by atoms with van der Waals surface area (Å²) in [5, 5.41) is 0.685. The molecule has 1 aliphatic rings. The van der Waals surface area contributed by atoms with Crippen molar-refractivity contribution in [3.63, 3.8) is 0 Å². The molecule has 0 aromatic heterocycles. The minimum absolute atomic E-state index is 0. The van der Waals surface area contributed by atoms with Crippen LogP contribution in [0.3, 0.4) is 0 Å². The van der Waals surface area contributed by atoms with E-state index >= 15 is 0 Å². The van der Waals surface area contributed by atoms with Crippen LogP contribution in [0.5, 0.6) is 0 Å². The Morgan fingerprint density at radius 3 is 2.70 bits per heavy atom. The van der Waals surface area contributed by atoms with Crippen molar-refractivity contribution >= 4 is 47.5 Å². The minimum Gasteiger partial charge on any atom is -0.497 e. The van der Waals surface area contributed by atoms with Crippen LogP contribution in [0.2, 0.25) is 10.0 Å². The summed E-state index contributed by atoms with van der Waals surface area (Å²) in [5.41, 5.74) is 5.70. The number of hydrogen-bond acceptors (Lipinski definition) is 6. The van der Waals surface area contributed by atoms with E-state index in [1.807, 2.05) is 0 Å². The van der Waals surface area contributed by atoms with Crippen LogP contribution < -0.4 is 5.73 Å². The summed E-state index contributed by atoms with van der Waals surface area (Å²) in [6.07, 6.45) is -0.747. The van der Waals surface area contributed by atoms with Crippen LogP contribution in [0.4, 0.5) is 0 Å². The van der Waals surface area contributed by atoms with E-state index in [4.69, 9.17) is 43.1 Å². The van der Waals surface area contributed by atoms with Gasteiger partial charge in [-0.25, -0.2) is 4.79 Å². The number of nitrogens with two attached hydrogens (primary N) is 1. The molecule has 1 heterocycles. The van der Waals surface area contributed by atoms with Gasteiger partial charge in [-0.2, -0.15) is 0 Å². The number of hydrogen-bond donors (Lipinski definition) is 1. The normalized spacial score (nSPS) is 17.7. The molecular formula is C14H14Cl3NO5. The van der Waals surface area contributed by atoms with E-state index in [9.17, 15) is 9.59 Å². The molecule has 0 bridgehead atoms. The zero-order valence-corrected chi connectivity index (χ0v) is 14.3. The Bertz CT molecular complexity index is 635. The second-order valence-corrected chi connectivity index (χ2v) is 5.23. The Kier molecular flexibility index (Phi) is 7.15. The molecular weight excluding hydrogens is 369 g/mol. The van der Waals surface area contributed by atoms with Gasteiger partial charge >= 0.3 is 11.9 Å². The summed E-state index contributed by atoms with van der Waals surface area (Å²) in [4.78, 5) is 23.0. The molecule has 1 aromatic carbocycles. The van der Waals surface area contributed by atoms with E-state index in [1.54, 1.807) is 12.1 Å². The van der Waals surface area contributed by atoms with Gasteiger partial charge in [-0.1, -0.05) is 29.3 Å². The average molecular weight is 383 g/mol. The fourth-order valence-corrected chi connectivity index (χ4v) is 2.53. The Morgan fingerprint density at radius 1 is 1.43 bits per heavy atom. The number of carbonyl (C=O) groups is 2. The van der Waals surface area contributed by atoms with Gasteiger partial charge in [-0.05, 0) is 12.1 Å². The number of esters is 2. The third-order valence-electron chi connectivity index (χ3n) is 2.99. The predicted octanol–water partition coefficient (Wildman–Crippen LogP) is 2.41. The number of ether oxygens (including phenoxy) is 3. The van der Waals surface area contributed by atoms with Crippen LogP contribution in [0, 0.1) is 0 Å². The Hall–Kier alpha value is -1.47. The Balaban J connectivity index is 0.00000264. The number of halogens is 3. The number of benzene rings is 1. The fraction of sp³-hybridized carbons (Fsp3) is 0.286. The zero-order valence-electron chi connectivity index (χ0n) is 12.0. The first kappa shape index (κ1) is 19.6. The molecule has 0 radical (unpaired) electrons. The lowest BCUT2D eigenvalue weighted by Gasteiger charge is -2.25. The predicted molar refractivity (Wildman–Crippen MR) is 86.6 cm³/mol. The lowest BCUT2D eigenvalue weighted by molar-refractivity contribution is -0.161. The van der Waals surface area contributed by atoms with Crippen LogP contribution in [0.25, 0.3) is 0 Å². The standard InChI is InChI=1S/C14H13Cl2NO5.ClH/c1-20-10-5-11(18)21-14(10)13(22-12(19)6-17)8-3-2-7(15)4-9(8)16;/h2-5,13-14H,6,17H2,1H3;1H. The zero-order chi connectivity index (χ0) is 16.3. The van der Waals surface area contributed by atoms with Crippen LogP contribution in [-0.2, 0) is 23.8 Å². The quantitative estimate of drug-likeness (QED) is 0.787. The number of methoxy groups -OCH3 is 1. The topological polar surface area (TPSA) is 87.9 Å². The second kappa shape index (κ2) is 8.40. The summed E-state index contributed by atoms with van der Waals surface area (Å²) in [5.74, 6) is -1.04. The molecule has 0 amide bonds. The maximum Gasteiger partial charge on any atom is 0.335 e. The molecule has 0 saturated carbocycles. The van der Waals surface area contributed by atoms with E-state index in [0.717, 1.165) is 0 Å². The molecule has 126 valence electrons. The molecule has 0 spiro atoms. The van der Waals surface area contributed by atoms with E-state index in [-0.39, 0.29) is 29.7 Å². The van der Waals surface area contributed by atoms with Gasteiger partial charge in [0.25, 0.3) is 0 Å². The number of carbonyl (C=O) groups excluding carboxylic acids is 2. The summed E-state index contributed by atoms with van der Waals surface area (Å²) in [6.45, 7) is -0.325. The molecule has 2 N–H and O–H groups in total. The lowest BCUT2D eigenvalue weighted by atomic mass is 10.0. The van der Waals surface area contributed by atoms with Crippen molar-refractivity contribution in [3.8, 4) is 0 Å². The van der Waals surface area contributed by atoms with E-state index in [2.05, 4.69) is 0 Å². The first-order valence-corrected chi connectivity index (χ1v) is 7.02.